The van der Waals surface area contributed by atoms with Crippen LogP contribution in [0.25, 0.3) is 0 Å². The summed E-state index contributed by atoms with van der Waals surface area (Å²) in [4.78, 5) is 36.5. The molecule has 154 valence electrons. The highest BCUT2D eigenvalue weighted by Crippen LogP contribution is 2.13. The van der Waals surface area contributed by atoms with E-state index in [2.05, 4.69) is 26.6 Å². The number of nitrogens with one attached hydrogen (secondary N) is 2. The number of esters is 1. The molecule has 2 N–H and O–H groups in total. The van der Waals surface area contributed by atoms with E-state index in [4.69, 9.17) is 4.74 Å². The Balaban J connectivity index is 2.17. The van der Waals surface area contributed by atoms with Crippen molar-refractivity contribution < 1.29 is 23.5 Å². The van der Waals surface area contributed by atoms with Crippen molar-refractivity contribution in [2.24, 2.45) is 0 Å². The number of hydrogen-bond acceptors (Lipinski definition) is 4. The molecule has 8 heteroatoms. The van der Waals surface area contributed by atoms with E-state index in [1.807, 2.05) is 24.3 Å². The first-order valence-electron chi connectivity index (χ1n) is 8.93. The summed E-state index contributed by atoms with van der Waals surface area (Å²) in [5, 5.41) is 5.13. The fraction of sp³-hybridized carbons (Fsp3) is 0.286. The van der Waals surface area contributed by atoms with Gasteiger partial charge in [-0.25, -0.2) is 9.18 Å². The summed E-state index contributed by atoms with van der Waals surface area (Å²) in [7, 11) is 1.23. The normalized spacial score (nSPS) is 12.6. The molecular weight excluding hydrogens is 443 g/mol. The summed E-state index contributed by atoms with van der Waals surface area (Å²) in [6.07, 6.45) is 0.155. The fourth-order valence-electron chi connectivity index (χ4n) is 2.80. The van der Waals surface area contributed by atoms with Crippen LogP contribution < -0.4 is 10.6 Å². The summed E-state index contributed by atoms with van der Waals surface area (Å²) < 4.78 is 19.7. The topological polar surface area (TPSA) is 84.5 Å². The average molecular weight is 465 g/mol. The van der Waals surface area contributed by atoms with E-state index in [0.29, 0.717) is 0 Å². The highest BCUT2D eigenvalue weighted by Gasteiger charge is 2.27. The Morgan fingerprint density at radius 1 is 1.00 bits per heavy atom. The molecule has 0 unspecified atom stereocenters. The molecule has 0 radical (unpaired) electrons. The van der Waals surface area contributed by atoms with Gasteiger partial charge in [0.2, 0.25) is 11.8 Å². The Hall–Kier alpha value is -2.74. The zero-order valence-corrected chi connectivity index (χ0v) is 17.7. The molecule has 6 nitrogen and oxygen atoms in total. The van der Waals surface area contributed by atoms with Crippen molar-refractivity contribution in [3.8, 4) is 0 Å². The lowest BCUT2D eigenvalue weighted by Crippen LogP contribution is -2.53. The number of rotatable bonds is 8. The van der Waals surface area contributed by atoms with Gasteiger partial charge >= 0.3 is 5.97 Å². The molecule has 0 saturated heterocycles. The third kappa shape index (κ3) is 6.98. The van der Waals surface area contributed by atoms with Crippen LogP contribution in [0.15, 0.2) is 53.0 Å². The van der Waals surface area contributed by atoms with Crippen LogP contribution in [0.2, 0.25) is 0 Å². The molecule has 0 heterocycles. The van der Waals surface area contributed by atoms with Crippen molar-refractivity contribution >= 4 is 33.7 Å². The molecule has 0 fully saturated rings. The van der Waals surface area contributed by atoms with Gasteiger partial charge in [-0.15, -0.1) is 0 Å². The Morgan fingerprint density at radius 2 is 1.66 bits per heavy atom. The minimum absolute atomic E-state index is 0.0513. The lowest BCUT2D eigenvalue weighted by molar-refractivity contribution is -0.145. The van der Waals surface area contributed by atoms with E-state index in [-0.39, 0.29) is 18.4 Å². The Labute approximate surface area is 177 Å². The summed E-state index contributed by atoms with van der Waals surface area (Å²) in [6.45, 7) is 1.27. The average Bonchev–Trinajstić information content (AvgIpc) is 2.69. The van der Waals surface area contributed by atoms with E-state index in [0.717, 1.165) is 10.0 Å². The summed E-state index contributed by atoms with van der Waals surface area (Å²) >= 11 is 3.34. The van der Waals surface area contributed by atoms with Crippen LogP contribution >= 0.6 is 15.9 Å². The van der Waals surface area contributed by atoms with Crippen LogP contribution in [0, 0.1) is 5.82 Å². The Morgan fingerprint density at radius 3 is 2.24 bits per heavy atom. The second-order valence-electron chi connectivity index (χ2n) is 6.46. The number of halogens is 2. The SMILES string of the molecule is COC(=O)[C@H](Cc1ccc(Br)cc1)NC(=O)[C@H](Cc1ccccc1F)NC(C)=O. The minimum atomic E-state index is -1.04. The van der Waals surface area contributed by atoms with Gasteiger partial charge < -0.3 is 15.4 Å². The van der Waals surface area contributed by atoms with E-state index < -0.39 is 35.7 Å². The molecule has 2 rings (SSSR count). The maximum Gasteiger partial charge on any atom is 0.328 e. The van der Waals surface area contributed by atoms with Gasteiger partial charge in [-0.1, -0.05) is 46.3 Å². The molecule has 0 saturated carbocycles. The molecule has 0 aliphatic rings. The first-order valence-corrected chi connectivity index (χ1v) is 9.72. The van der Waals surface area contributed by atoms with Gasteiger partial charge in [-0.05, 0) is 29.3 Å². The van der Waals surface area contributed by atoms with Gasteiger partial charge in [-0.2, -0.15) is 0 Å². The molecule has 29 heavy (non-hydrogen) atoms. The third-order valence-electron chi connectivity index (χ3n) is 4.23. The highest BCUT2D eigenvalue weighted by molar-refractivity contribution is 9.10. The first kappa shape index (κ1) is 22.5. The van der Waals surface area contributed by atoms with E-state index in [9.17, 15) is 18.8 Å². The van der Waals surface area contributed by atoms with Crippen LogP contribution in [0.3, 0.4) is 0 Å². The van der Waals surface area contributed by atoms with Crippen LogP contribution in [0.5, 0.6) is 0 Å². The van der Waals surface area contributed by atoms with Crippen LogP contribution in [-0.2, 0) is 32.0 Å². The summed E-state index contributed by atoms with van der Waals surface area (Å²) in [5.41, 5.74) is 1.10. The van der Waals surface area contributed by atoms with Crippen molar-refractivity contribution in [1.82, 2.24) is 10.6 Å². The summed E-state index contributed by atoms with van der Waals surface area (Å²) in [5.74, 6) is -2.14. The Bertz CT molecular complexity index is 873. The monoisotopic (exact) mass is 464 g/mol. The quantitative estimate of drug-likeness (QED) is 0.587. The number of methoxy groups -OCH3 is 1. The van der Waals surface area contributed by atoms with Crippen molar-refractivity contribution in [3.05, 3.63) is 69.9 Å². The number of amides is 2. The van der Waals surface area contributed by atoms with Crippen molar-refractivity contribution in [2.45, 2.75) is 31.8 Å². The molecule has 2 amide bonds. The first-order chi connectivity index (χ1) is 13.8. The predicted octanol–water partition coefficient (Wildman–Crippen LogP) is 2.54. The van der Waals surface area contributed by atoms with Crippen molar-refractivity contribution in [1.29, 1.82) is 0 Å². The van der Waals surface area contributed by atoms with Crippen molar-refractivity contribution in [3.63, 3.8) is 0 Å². The number of ether oxygens (including phenoxy) is 1. The molecule has 2 atom stereocenters. The second-order valence-corrected chi connectivity index (χ2v) is 7.38. The molecule has 0 spiro atoms. The highest BCUT2D eigenvalue weighted by atomic mass is 79.9. The number of carbonyl (C=O) groups is 3. The molecule has 0 aliphatic heterocycles. The smallest absolute Gasteiger partial charge is 0.328 e. The van der Waals surface area contributed by atoms with Gasteiger partial charge in [0.05, 0.1) is 7.11 Å². The van der Waals surface area contributed by atoms with E-state index in [1.165, 1.54) is 32.2 Å². The van der Waals surface area contributed by atoms with Gasteiger partial charge in [0, 0.05) is 24.2 Å². The molecule has 0 aliphatic carbocycles. The van der Waals surface area contributed by atoms with Crippen LogP contribution in [-0.4, -0.2) is 37.0 Å². The lowest BCUT2D eigenvalue weighted by atomic mass is 10.0. The van der Waals surface area contributed by atoms with E-state index >= 15 is 0 Å². The maximum atomic E-state index is 14.0. The Kier molecular flexibility index (Phi) is 8.33. The van der Waals surface area contributed by atoms with Gasteiger partial charge in [-0.3, -0.25) is 9.59 Å². The van der Waals surface area contributed by atoms with Crippen LogP contribution in [0.1, 0.15) is 18.1 Å². The third-order valence-corrected chi connectivity index (χ3v) is 4.76. The van der Waals surface area contributed by atoms with Gasteiger partial charge in [0.25, 0.3) is 0 Å². The molecule has 0 aromatic heterocycles. The van der Waals surface area contributed by atoms with Crippen LogP contribution in [0.4, 0.5) is 4.39 Å². The maximum absolute atomic E-state index is 14.0. The standard InChI is InChI=1S/C21H22BrFN2O4/c1-13(26)24-18(12-15-5-3-4-6-17(15)23)20(27)25-19(21(28)29-2)11-14-7-9-16(22)10-8-14/h3-10,18-19H,11-12H2,1-2H3,(H,24,26)(H,25,27)/t18-,19-/m0/s1. The van der Waals surface area contributed by atoms with Crippen molar-refractivity contribution in [2.75, 3.05) is 7.11 Å². The number of benzene rings is 2. The van der Waals surface area contributed by atoms with Gasteiger partial charge in [0.1, 0.15) is 17.9 Å². The minimum Gasteiger partial charge on any atom is -0.467 e. The van der Waals surface area contributed by atoms with E-state index in [1.54, 1.807) is 6.07 Å². The summed E-state index contributed by atoms with van der Waals surface area (Å²) in [6, 6.07) is 11.3. The lowest BCUT2D eigenvalue weighted by Gasteiger charge is -2.22. The number of carbonyl (C=O) groups excluding carboxylic acids is 3. The molecule has 2 aromatic carbocycles. The zero-order chi connectivity index (χ0) is 21.4. The largest absolute Gasteiger partial charge is 0.467 e. The van der Waals surface area contributed by atoms with Gasteiger partial charge in [0.15, 0.2) is 0 Å². The molecular formula is C21H22BrFN2O4. The molecule has 2 aromatic rings. The predicted molar refractivity (Wildman–Crippen MR) is 110 cm³/mol. The zero-order valence-electron chi connectivity index (χ0n) is 16.1. The fourth-order valence-corrected chi connectivity index (χ4v) is 3.07. The molecule has 0 bridgehead atoms. The second kappa shape index (κ2) is 10.7. The number of hydrogen-bond donors (Lipinski definition) is 2.